The number of carbonyl (C=O) groups is 3. The Morgan fingerprint density at radius 1 is 1.29 bits per heavy atom. The summed E-state index contributed by atoms with van der Waals surface area (Å²) in [4.78, 5) is 44.8. The summed E-state index contributed by atoms with van der Waals surface area (Å²) >= 11 is 0. The Kier molecular flexibility index (Phi) is 6.12. The molecule has 0 saturated carbocycles. The summed E-state index contributed by atoms with van der Waals surface area (Å²) in [5.41, 5.74) is 1.04. The van der Waals surface area contributed by atoms with E-state index in [0.29, 0.717) is 24.4 Å². The van der Waals surface area contributed by atoms with Gasteiger partial charge in [-0.2, -0.15) is 13.5 Å². The van der Waals surface area contributed by atoms with E-state index in [0.717, 1.165) is 4.90 Å². The van der Waals surface area contributed by atoms with Crippen molar-refractivity contribution in [3.05, 3.63) is 0 Å². The van der Waals surface area contributed by atoms with Gasteiger partial charge in [0.1, 0.15) is 6.04 Å². The lowest BCUT2D eigenvalue weighted by Gasteiger charge is -2.46. The molecular weight excluding hydrogens is 436 g/mol. The number of urea groups is 1. The molecule has 3 rings (SSSR count). The molecule has 0 aromatic carbocycles. The summed E-state index contributed by atoms with van der Waals surface area (Å²) in [6.07, 6.45) is 0.729. The van der Waals surface area contributed by atoms with Gasteiger partial charge in [-0.15, -0.1) is 4.28 Å². The maximum Gasteiger partial charge on any atom is 0.418 e. The lowest BCUT2D eigenvalue weighted by atomic mass is 9.72. The third-order valence-electron chi connectivity index (χ3n) is 6.40. The van der Waals surface area contributed by atoms with Crippen LogP contribution < -0.4 is 5.48 Å². The highest BCUT2D eigenvalue weighted by Crippen LogP contribution is 2.44. The average Bonchev–Trinajstić information content (AvgIpc) is 3.17. The second-order valence-electron chi connectivity index (χ2n) is 9.08. The molecule has 3 aliphatic heterocycles. The largest absolute Gasteiger partial charge is 0.465 e. The number of hydrogen-bond donors (Lipinski definition) is 3. The topological polar surface area (TPSA) is 166 Å². The van der Waals surface area contributed by atoms with Gasteiger partial charge in [0, 0.05) is 13.1 Å². The van der Waals surface area contributed by atoms with E-state index in [-0.39, 0.29) is 26.0 Å². The maximum absolute atomic E-state index is 12.7. The zero-order valence-corrected chi connectivity index (χ0v) is 18.4. The monoisotopic (exact) mass is 464 g/mol. The number of amides is 4. The first kappa shape index (κ1) is 23.5. The normalized spacial score (nSPS) is 28.9. The van der Waals surface area contributed by atoms with Crippen molar-refractivity contribution in [3.8, 4) is 0 Å². The molecule has 3 fully saturated rings. The first-order chi connectivity index (χ1) is 14.3. The molecule has 3 aliphatic rings. The third-order valence-corrected chi connectivity index (χ3v) is 6.75. The molecule has 3 N–H and O–H groups in total. The van der Waals surface area contributed by atoms with Crippen LogP contribution in [0.5, 0.6) is 0 Å². The van der Waals surface area contributed by atoms with Crippen molar-refractivity contribution < 1.29 is 41.6 Å². The standard InChI is InChI=1S/C17H28N4O9S/c1-16(2,3)17(7-4-8-20(17)15(24)25)10-29-18-13(22)12-6-5-11-9-19(12)14(23)21(11)30-31(26,27)28/h11-12H,4-10H2,1-3H3,(H,18,22)(H,24,25)(H,26,27,28)/t11-,12+,17-/m1/s1. The van der Waals surface area contributed by atoms with E-state index < -0.39 is 51.5 Å². The van der Waals surface area contributed by atoms with Gasteiger partial charge in [-0.3, -0.25) is 19.1 Å². The number of likely N-dealkylation sites (tertiary alicyclic amines) is 1. The van der Waals surface area contributed by atoms with Gasteiger partial charge in [-0.1, -0.05) is 20.8 Å². The first-order valence-electron chi connectivity index (χ1n) is 9.96. The molecule has 0 spiro atoms. The molecule has 0 unspecified atom stereocenters. The van der Waals surface area contributed by atoms with Crippen LogP contribution in [0.3, 0.4) is 0 Å². The summed E-state index contributed by atoms with van der Waals surface area (Å²) < 4.78 is 35.1. The maximum atomic E-state index is 12.7. The number of carbonyl (C=O) groups excluding carboxylic acids is 2. The van der Waals surface area contributed by atoms with E-state index in [1.165, 1.54) is 4.90 Å². The Bertz CT molecular complexity index is 858. The zero-order chi connectivity index (χ0) is 23.2. The van der Waals surface area contributed by atoms with Gasteiger partial charge in [-0.05, 0) is 31.1 Å². The highest BCUT2D eigenvalue weighted by atomic mass is 32.3. The Labute approximate surface area is 180 Å². The Morgan fingerprint density at radius 3 is 2.55 bits per heavy atom. The van der Waals surface area contributed by atoms with E-state index in [4.69, 9.17) is 9.39 Å². The third kappa shape index (κ3) is 4.42. The number of rotatable bonds is 6. The van der Waals surface area contributed by atoms with Crippen molar-refractivity contribution >= 4 is 28.4 Å². The fraction of sp³-hybridized carbons (Fsp3) is 0.824. The molecule has 2 bridgehead atoms. The molecule has 14 heteroatoms. The second-order valence-corrected chi connectivity index (χ2v) is 10.1. The van der Waals surface area contributed by atoms with E-state index in [2.05, 4.69) is 9.76 Å². The van der Waals surface area contributed by atoms with Gasteiger partial charge >= 0.3 is 22.5 Å². The Morgan fingerprint density at radius 2 is 1.97 bits per heavy atom. The zero-order valence-electron chi connectivity index (χ0n) is 17.6. The lowest BCUT2D eigenvalue weighted by Crippen LogP contribution is -2.59. The van der Waals surface area contributed by atoms with Gasteiger partial charge in [0.25, 0.3) is 5.91 Å². The first-order valence-corrected chi connectivity index (χ1v) is 11.3. The Hall–Kier alpha value is -2.16. The van der Waals surface area contributed by atoms with Crippen molar-refractivity contribution in [2.24, 2.45) is 5.41 Å². The highest BCUT2D eigenvalue weighted by Gasteiger charge is 2.53. The molecular formula is C17H28N4O9S. The van der Waals surface area contributed by atoms with E-state index in [9.17, 15) is 27.9 Å². The predicted molar refractivity (Wildman–Crippen MR) is 104 cm³/mol. The minimum atomic E-state index is -4.87. The summed E-state index contributed by atoms with van der Waals surface area (Å²) in [6, 6.07) is -2.37. The number of hydroxylamine groups is 3. The van der Waals surface area contributed by atoms with Crippen molar-refractivity contribution in [2.45, 2.75) is 64.1 Å². The molecule has 176 valence electrons. The number of nitrogens with zero attached hydrogens (tertiary/aromatic N) is 3. The number of piperidine rings is 1. The molecule has 13 nitrogen and oxygen atoms in total. The van der Waals surface area contributed by atoms with Crippen LogP contribution in [0.25, 0.3) is 0 Å². The molecule has 3 heterocycles. The quantitative estimate of drug-likeness (QED) is 0.377. The SMILES string of the molecule is CC(C)(C)[C@]1(CONC(=O)[C@@H]2CC[C@@H]3CN2C(=O)N3OS(=O)(=O)O)CCCN1C(=O)O. The molecule has 0 radical (unpaired) electrons. The fourth-order valence-electron chi connectivity index (χ4n) is 4.70. The van der Waals surface area contributed by atoms with Crippen LogP contribution >= 0.6 is 0 Å². The van der Waals surface area contributed by atoms with Crippen LogP contribution in [-0.4, -0.2) is 88.3 Å². The van der Waals surface area contributed by atoms with Gasteiger partial charge < -0.3 is 10.0 Å². The fourth-order valence-corrected chi connectivity index (χ4v) is 5.09. The smallest absolute Gasteiger partial charge is 0.418 e. The molecule has 3 saturated heterocycles. The summed E-state index contributed by atoms with van der Waals surface area (Å²) in [7, 11) is -4.87. The van der Waals surface area contributed by atoms with E-state index in [1.54, 1.807) is 0 Å². The Balaban J connectivity index is 1.64. The van der Waals surface area contributed by atoms with Crippen LogP contribution in [0.2, 0.25) is 0 Å². The highest BCUT2D eigenvalue weighted by molar-refractivity contribution is 7.80. The van der Waals surface area contributed by atoms with E-state index >= 15 is 0 Å². The second kappa shape index (κ2) is 8.07. The molecule has 3 atom stereocenters. The van der Waals surface area contributed by atoms with Gasteiger partial charge in [0.05, 0.1) is 18.2 Å². The number of nitrogens with one attached hydrogen (secondary N) is 1. The van der Waals surface area contributed by atoms with Crippen molar-refractivity contribution in [3.63, 3.8) is 0 Å². The number of carboxylic acid groups (broad SMARTS) is 1. The molecule has 0 aromatic heterocycles. The van der Waals surface area contributed by atoms with Crippen molar-refractivity contribution in [1.29, 1.82) is 0 Å². The average molecular weight is 464 g/mol. The summed E-state index contributed by atoms with van der Waals surface area (Å²) in [5.74, 6) is -0.607. The van der Waals surface area contributed by atoms with Crippen molar-refractivity contribution in [2.75, 3.05) is 19.7 Å². The van der Waals surface area contributed by atoms with Crippen LogP contribution in [0.4, 0.5) is 9.59 Å². The molecule has 31 heavy (non-hydrogen) atoms. The minimum Gasteiger partial charge on any atom is -0.465 e. The number of fused-ring (bicyclic) bond motifs is 2. The molecule has 0 aliphatic carbocycles. The van der Waals surface area contributed by atoms with Crippen LogP contribution in [0, 0.1) is 5.41 Å². The van der Waals surface area contributed by atoms with Crippen LogP contribution in [0.1, 0.15) is 46.5 Å². The molecule has 0 aromatic rings. The minimum absolute atomic E-state index is 0.0597. The number of hydrogen-bond acceptors (Lipinski definition) is 7. The predicted octanol–water partition coefficient (Wildman–Crippen LogP) is 0.596. The van der Waals surface area contributed by atoms with Gasteiger partial charge in [-0.25, -0.2) is 15.1 Å². The summed E-state index contributed by atoms with van der Waals surface area (Å²) in [5, 5.41) is 10.1. The van der Waals surface area contributed by atoms with Crippen LogP contribution in [0.15, 0.2) is 0 Å². The van der Waals surface area contributed by atoms with Crippen LogP contribution in [-0.2, 0) is 24.3 Å². The van der Waals surface area contributed by atoms with Crippen molar-refractivity contribution in [1.82, 2.24) is 20.3 Å². The lowest BCUT2D eigenvalue weighted by molar-refractivity contribution is -0.145. The van der Waals surface area contributed by atoms with E-state index in [1.807, 2.05) is 20.8 Å². The van der Waals surface area contributed by atoms with Gasteiger partial charge in [0.15, 0.2) is 0 Å². The summed E-state index contributed by atoms with van der Waals surface area (Å²) in [6.45, 7) is 6.11. The van der Waals surface area contributed by atoms with Gasteiger partial charge in [0.2, 0.25) is 0 Å². The molecule has 4 amide bonds.